The zero-order chi connectivity index (χ0) is 14.8. The van der Waals surface area contributed by atoms with Gasteiger partial charge in [-0.1, -0.05) is 46.3 Å². The summed E-state index contributed by atoms with van der Waals surface area (Å²) in [7, 11) is 0. The van der Waals surface area contributed by atoms with Crippen molar-refractivity contribution in [2.45, 2.75) is 73.1 Å². The molecule has 0 bridgehead atoms. The highest BCUT2D eigenvalue weighted by atomic mass is 14.9. The average Bonchev–Trinajstić information content (AvgIpc) is 2.39. The average molecular weight is 277 g/mol. The van der Waals surface area contributed by atoms with Gasteiger partial charge in [0.05, 0.1) is 0 Å². The molecule has 0 saturated carbocycles. The molecule has 0 spiro atoms. The number of hydrogen-bond donors (Lipinski definition) is 1. The molecule has 0 aromatic rings. The Kier molecular flexibility index (Phi) is 5.00. The smallest absolute Gasteiger partial charge is 0.00461 e. The fraction of sp³-hybridized carbons (Fsp3) is 0.895. The maximum atomic E-state index is 3.50. The molecule has 2 rings (SSSR count). The van der Waals surface area contributed by atoms with Crippen LogP contribution >= 0.6 is 0 Å². The van der Waals surface area contributed by atoms with Gasteiger partial charge in [0.15, 0.2) is 0 Å². The van der Waals surface area contributed by atoms with Crippen molar-refractivity contribution in [2.75, 3.05) is 13.1 Å². The predicted molar refractivity (Wildman–Crippen MR) is 88.9 cm³/mol. The highest BCUT2D eigenvalue weighted by Crippen LogP contribution is 2.43. The largest absolute Gasteiger partial charge is 0.317 e. The number of hydrogen-bond acceptors (Lipinski definition) is 1. The van der Waals surface area contributed by atoms with Gasteiger partial charge in [-0.25, -0.2) is 0 Å². The first-order chi connectivity index (χ1) is 9.29. The lowest BCUT2D eigenvalue weighted by Crippen LogP contribution is -2.36. The molecule has 1 atom stereocenters. The second-order valence-electron chi connectivity index (χ2n) is 8.89. The van der Waals surface area contributed by atoms with Crippen molar-refractivity contribution in [2.24, 2.45) is 22.7 Å². The second-order valence-corrected chi connectivity index (χ2v) is 8.89. The zero-order valence-electron chi connectivity index (χ0n) is 14.4. The van der Waals surface area contributed by atoms with Crippen molar-refractivity contribution in [3.63, 3.8) is 0 Å². The van der Waals surface area contributed by atoms with E-state index in [-0.39, 0.29) is 0 Å². The normalized spacial score (nSPS) is 26.4. The molecule has 1 saturated heterocycles. The molecule has 0 aromatic carbocycles. The van der Waals surface area contributed by atoms with Gasteiger partial charge in [0.2, 0.25) is 0 Å². The Bertz CT molecular complexity index is 339. The van der Waals surface area contributed by atoms with Crippen molar-refractivity contribution in [3.8, 4) is 0 Å². The number of allylic oxidation sites excluding steroid dienone is 2. The van der Waals surface area contributed by atoms with E-state index in [0.29, 0.717) is 10.8 Å². The number of rotatable bonds is 3. The summed E-state index contributed by atoms with van der Waals surface area (Å²) in [5, 5.41) is 3.50. The van der Waals surface area contributed by atoms with Crippen LogP contribution in [-0.2, 0) is 0 Å². The van der Waals surface area contributed by atoms with E-state index in [1.165, 1.54) is 51.6 Å². The first-order valence-corrected chi connectivity index (χ1v) is 8.68. The summed E-state index contributed by atoms with van der Waals surface area (Å²) in [5.41, 5.74) is 2.71. The van der Waals surface area contributed by atoms with Crippen molar-refractivity contribution in [3.05, 3.63) is 11.6 Å². The maximum absolute atomic E-state index is 3.50. The number of nitrogens with one attached hydrogen (secondary N) is 1. The van der Waals surface area contributed by atoms with Gasteiger partial charge in [0, 0.05) is 0 Å². The molecule has 1 heteroatoms. The van der Waals surface area contributed by atoms with Gasteiger partial charge in [-0.2, -0.15) is 0 Å². The van der Waals surface area contributed by atoms with Crippen LogP contribution < -0.4 is 5.32 Å². The topological polar surface area (TPSA) is 12.0 Å². The van der Waals surface area contributed by atoms with Crippen LogP contribution in [0.4, 0.5) is 0 Å². The lowest BCUT2D eigenvalue weighted by Gasteiger charge is -2.40. The van der Waals surface area contributed by atoms with Gasteiger partial charge in [-0.15, -0.1) is 0 Å². The number of piperidine rings is 1. The first kappa shape index (κ1) is 16.1. The summed E-state index contributed by atoms with van der Waals surface area (Å²) in [4.78, 5) is 0. The van der Waals surface area contributed by atoms with E-state index in [1.54, 1.807) is 5.57 Å². The molecular formula is C19H35N. The monoisotopic (exact) mass is 277 g/mol. The van der Waals surface area contributed by atoms with E-state index in [4.69, 9.17) is 0 Å². The Morgan fingerprint density at radius 1 is 1.00 bits per heavy atom. The van der Waals surface area contributed by atoms with E-state index >= 15 is 0 Å². The third-order valence-electron chi connectivity index (χ3n) is 5.86. The van der Waals surface area contributed by atoms with Gasteiger partial charge in [0.1, 0.15) is 0 Å². The van der Waals surface area contributed by atoms with Crippen LogP contribution in [0.2, 0.25) is 0 Å². The van der Waals surface area contributed by atoms with Gasteiger partial charge in [0.25, 0.3) is 0 Å². The highest BCUT2D eigenvalue weighted by molar-refractivity contribution is 5.10. The molecule has 1 heterocycles. The van der Waals surface area contributed by atoms with Gasteiger partial charge in [-0.05, 0) is 74.3 Å². The summed E-state index contributed by atoms with van der Waals surface area (Å²) in [5.74, 6) is 1.79. The fourth-order valence-electron chi connectivity index (χ4n) is 4.17. The lowest BCUT2D eigenvalue weighted by atomic mass is 9.67. The van der Waals surface area contributed by atoms with Gasteiger partial charge >= 0.3 is 0 Å². The van der Waals surface area contributed by atoms with Crippen LogP contribution in [0.5, 0.6) is 0 Å². The molecule has 20 heavy (non-hydrogen) atoms. The van der Waals surface area contributed by atoms with Crippen LogP contribution in [0.15, 0.2) is 11.6 Å². The van der Waals surface area contributed by atoms with Crippen LogP contribution in [-0.4, -0.2) is 13.1 Å². The van der Waals surface area contributed by atoms with Gasteiger partial charge in [-0.3, -0.25) is 0 Å². The van der Waals surface area contributed by atoms with Crippen molar-refractivity contribution in [1.29, 1.82) is 0 Å². The molecular weight excluding hydrogens is 242 g/mol. The molecule has 116 valence electrons. The van der Waals surface area contributed by atoms with Crippen LogP contribution in [0.25, 0.3) is 0 Å². The maximum Gasteiger partial charge on any atom is -0.00461 e. The van der Waals surface area contributed by atoms with E-state index in [9.17, 15) is 0 Å². The molecule has 0 aromatic heterocycles. The minimum Gasteiger partial charge on any atom is -0.317 e. The summed E-state index contributed by atoms with van der Waals surface area (Å²) in [6.45, 7) is 14.6. The summed E-state index contributed by atoms with van der Waals surface area (Å²) in [6, 6.07) is 0. The molecule has 1 unspecified atom stereocenters. The molecule has 1 fully saturated rings. The van der Waals surface area contributed by atoms with Crippen LogP contribution in [0, 0.1) is 22.7 Å². The van der Waals surface area contributed by atoms with Crippen molar-refractivity contribution in [1.82, 2.24) is 5.32 Å². The van der Waals surface area contributed by atoms with Crippen LogP contribution in [0.1, 0.15) is 73.1 Å². The van der Waals surface area contributed by atoms with E-state index < -0.39 is 0 Å². The Labute approximate surface area is 126 Å². The molecule has 0 amide bonds. The minimum atomic E-state index is 0.479. The molecule has 1 aliphatic heterocycles. The quantitative estimate of drug-likeness (QED) is 0.701. The van der Waals surface area contributed by atoms with Crippen molar-refractivity contribution >= 4 is 0 Å². The summed E-state index contributed by atoms with van der Waals surface area (Å²) in [6.07, 6.45) is 10.7. The fourth-order valence-corrected chi connectivity index (χ4v) is 4.17. The summed E-state index contributed by atoms with van der Waals surface area (Å²) < 4.78 is 0. The Morgan fingerprint density at radius 3 is 2.15 bits per heavy atom. The Balaban J connectivity index is 1.91. The Hall–Kier alpha value is -0.300. The predicted octanol–water partition coefficient (Wildman–Crippen LogP) is 5.17. The zero-order valence-corrected chi connectivity index (χ0v) is 14.4. The summed E-state index contributed by atoms with van der Waals surface area (Å²) >= 11 is 0. The molecule has 2 aliphatic rings. The third kappa shape index (κ3) is 4.10. The Morgan fingerprint density at radius 2 is 1.65 bits per heavy atom. The van der Waals surface area contributed by atoms with E-state index in [1.807, 2.05) is 0 Å². The SMILES string of the molecule is CC(C)(C)C1CC=C(CC(C)(C)C2CCNCC2)CC1. The standard InChI is InChI=1S/C19H35N/c1-18(2,3)16-8-6-15(7-9-16)14-19(4,5)17-10-12-20-13-11-17/h6,16-17,20H,7-14H2,1-5H3. The minimum absolute atomic E-state index is 0.479. The third-order valence-corrected chi connectivity index (χ3v) is 5.86. The molecule has 1 N–H and O–H groups in total. The van der Waals surface area contributed by atoms with E-state index in [0.717, 1.165) is 11.8 Å². The van der Waals surface area contributed by atoms with E-state index in [2.05, 4.69) is 46.0 Å². The molecule has 1 nitrogen and oxygen atoms in total. The first-order valence-electron chi connectivity index (χ1n) is 8.68. The molecule has 0 radical (unpaired) electrons. The second kappa shape index (κ2) is 6.22. The lowest BCUT2D eigenvalue weighted by molar-refractivity contribution is 0.159. The van der Waals surface area contributed by atoms with Crippen molar-refractivity contribution < 1.29 is 0 Å². The van der Waals surface area contributed by atoms with Crippen LogP contribution in [0.3, 0.4) is 0 Å². The van der Waals surface area contributed by atoms with Gasteiger partial charge < -0.3 is 5.32 Å². The molecule has 1 aliphatic carbocycles. The highest BCUT2D eigenvalue weighted by Gasteiger charge is 2.33.